The lowest BCUT2D eigenvalue weighted by molar-refractivity contribution is 0.210. The van der Waals surface area contributed by atoms with E-state index in [0.717, 1.165) is 17.1 Å². The molecule has 6 heteroatoms. The highest BCUT2D eigenvalue weighted by atomic mass is 35.5. The lowest BCUT2D eigenvalue weighted by Crippen LogP contribution is -2.09. The van der Waals surface area contributed by atoms with Gasteiger partial charge in [0.1, 0.15) is 5.82 Å². The molecule has 5 nitrogen and oxygen atoms in total. The predicted molar refractivity (Wildman–Crippen MR) is 81.9 cm³/mol. The SMILES string of the molecule is COCCNc1ccnc(Nc2cc(Cl)ccc2C)n1. The second-order valence-electron chi connectivity index (χ2n) is 4.27. The lowest BCUT2D eigenvalue weighted by atomic mass is 10.2. The summed E-state index contributed by atoms with van der Waals surface area (Å²) in [6.45, 7) is 3.32. The van der Waals surface area contributed by atoms with Crippen molar-refractivity contribution in [1.82, 2.24) is 9.97 Å². The van der Waals surface area contributed by atoms with Crippen LogP contribution < -0.4 is 10.6 Å². The fraction of sp³-hybridized carbons (Fsp3) is 0.286. The van der Waals surface area contributed by atoms with Crippen LogP contribution in [0.2, 0.25) is 5.02 Å². The number of nitrogens with one attached hydrogen (secondary N) is 2. The largest absolute Gasteiger partial charge is 0.383 e. The summed E-state index contributed by atoms with van der Waals surface area (Å²) in [6, 6.07) is 7.47. The first kappa shape index (κ1) is 14.6. The minimum absolute atomic E-state index is 0.526. The number of benzene rings is 1. The Hall–Kier alpha value is -1.85. The Balaban J connectivity index is 2.09. The van der Waals surface area contributed by atoms with Crippen molar-refractivity contribution in [3.05, 3.63) is 41.0 Å². The van der Waals surface area contributed by atoms with Crippen LogP contribution in [0.1, 0.15) is 5.56 Å². The normalized spacial score (nSPS) is 10.3. The van der Waals surface area contributed by atoms with E-state index in [2.05, 4.69) is 20.6 Å². The van der Waals surface area contributed by atoms with Crippen molar-refractivity contribution in [3.8, 4) is 0 Å². The maximum Gasteiger partial charge on any atom is 0.229 e. The van der Waals surface area contributed by atoms with Crippen LogP contribution >= 0.6 is 11.6 Å². The molecular weight excluding hydrogens is 276 g/mol. The summed E-state index contributed by atoms with van der Waals surface area (Å²) in [5, 5.41) is 7.00. The van der Waals surface area contributed by atoms with Crippen LogP contribution in [-0.2, 0) is 4.74 Å². The molecule has 0 unspecified atom stereocenters. The van der Waals surface area contributed by atoms with Crippen LogP contribution in [0.4, 0.5) is 17.5 Å². The van der Waals surface area contributed by atoms with E-state index in [1.807, 2.05) is 31.2 Å². The molecule has 0 saturated carbocycles. The fourth-order valence-electron chi connectivity index (χ4n) is 1.65. The third kappa shape index (κ3) is 4.08. The molecule has 0 aliphatic heterocycles. The summed E-state index contributed by atoms with van der Waals surface area (Å²) in [6.07, 6.45) is 1.70. The Morgan fingerprint density at radius 3 is 2.95 bits per heavy atom. The smallest absolute Gasteiger partial charge is 0.229 e. The molecule has 2 N–H and O–H groups in total. The number of aryl methyl sites for hydroxylation is 1. The number of nitrogens with zero attached hydrogens (tertiary/aromatic N) is 2. The lowest BCUT2D eigenvalue weighted by Gasteiger charge is -2.10. The molecule has 0 atom stereocenters. The minimum Gasteiger partial charge on any atom is -0.383 e. The van der Waals surface area contributed by atoms with Crippen molar-refractivity contribution in [3.63, 3.8) is 0 Å². The van der Waals surface area contributed by atoms with Crippen molar-refractivity contribution < 1.29 is 4.74 Å². The van der Waals surface area contributed by atoms with Gasteiger partial charge in [-0.2, -0.15) is 4.98 Å². The summed E-state index contributed by atoms with van der Waals surface area (Å²) in [5.74, 6) is 1.28. The number of halogens is 1. The topological polar surface area (TPSA) is 59.1 Å². The summed E-state index contributed by atoms with van der Waals surface area (Å²) in [7, 11) is 1.66. The Morgan fingerprint density at radius 1 is 1.30 bits per heavy atom. The number of aromatic nitrogens is 2. The number of rotatable bonds is 6. The van der Waals surface area contributed by atoms with Gasteiger partial charge in [0.2, 0.25) is 5.95 Å². The third-order valence-electron chi connectivity index (χ3n) is 2.71. The predicted octanol–water partition coefficient (Wildman–Crippen LogP) is 3.24. The van der Waals surface area contributed by atoms with E-state index >= 15 is 0 Å². The average Bonchev–Trinajstić information content (AvgIpc) is 2.44. The molecule has 0 spiro atoms. The first-order valence-corrected chi connectivity index (χ1v) is 6.66. The molecule has 2 rings (SSSR count). The molecule has 1 aromatic heterocycles. The van der Waals surface area contributed by atoms with Gasteiger partial charge < -0.3 is 15.4 Å². The van der Waals surface area contributed by atoms with Crippen LogP contribution in [0.5, 0.6) is 0 Å². The van der Waals surface area contributed by atoms with E-state index in [9.17, 15) is 0 Å². The van der Waals surface area contributed by atoms with Crippen LogP contribution in [0, 0.1) is 6.92 Å². The second-order valence-corrected chi connectivity index (χ2v) is 4.71. The van der Waals surface area contributed by atoms with E-state index in [1.54, 1.807) is 13.3 Å². The molecule has 0 fully saturated rings. The van der Waals surface area contributed by atoms with Gasteiger partial charge in [-0.1, -0.05) is 17.7 Å². The molecule has 106 valence electrons. The molecule has 0 saturated heterocycles. The molecule has 0 bridgehead atoms. The Kier molecular flexibility index (Phi) is 5.15. The van der Waals surface area contributed by atoms with Crippen molar-refractivity contribution >= 4 is 29.1 Å². The van der Waals surface area contributed by atoms with E-state index in [1.165, 1.54) is 0 Å². The molecule has 20 heavy (non-hydrogen) atoms. The highest BCUT2D eigenvalue weighted by Crippen LogP contribution is 2.22. The number of ether oxygens (including phenoxy) is 1. The molecule has 0 amide bonds. The zero-order valence-electron chi connectivity index (χ0n) is 11.5. The van der Waals surface area contributed by atoms with Gasteiger partial charge in [0.25, 0.3) is 0 Å². The molecule has 0 radical (unpaired) electrons. The standard InChI is InChI=1S/C14H17ClN4O/c1-10-3-4-11(15)9-12(10)18-14-17-6-5-13(19-14)16-7-8-20-2/h3-6,9H,7-8H2,1-2H3,(H2,16,17,18,19). The number of hydrogen-bond acceptors (Lipinski definition) is 5. The zero-order valence-corrected chi connectivity index (χ0v) is 12.2. The van der Waals surface area contributed by atoms with Gasteiger partial charge in [-0.05, 0) is 30.7 Å². The molecular formula is C14H17ClN4O. The van der Waals surface area contributed by atoms with Gasteiger partial charge in [-0.3, -0.25) is 0 Å². The summed E-state index contributed by atoms with van der Waals surface area (Å²) in [5.41, 5.74) is 1.97. The van der Waals surface area contributed by atoms with E-state index in [0.29, 0.717) is 24.1 Å². The highest BCUT2D eigenvalue weighted by molar-refractivity contribution is 6.30. The second kappa shape index (κ2) is 7.07. The minimum atomic E-state index is 0.526. The van der Waals surface area contributed by atoms with Crippen LogP contribution in [0.3, 0.4) is 0 Å². The summed E-state index contributed by atoms with van der Waals surface area (Å²) >= 11 is 5.99. The van der Waals surface area contributed by atoms with Gasteiger partial charge in [0.15, 0.2) is 0 Å². The van der Waals surface area contributed by atoms with Crippen molar-refractivity contribution in [1.29, 1.82) is 0 Å². The Bertz CT molecular complexity index is 577. The summed E-state index contributed by atoms with van der Waals surface area (Å²) < 4.78 is 4.98. The van der Waals surface area contributed by atoms with Gasteiger partial charge in [-0.15, -0.1) is 0 Å². The van der Waals surface area contributed by atoms with Crippen LogP contribution in [-0.4, -0.2) is 30.2 Å². The van der Waals surface area contributed by atoms with Gasteiger partial charge in [0, 0.05) is 30.6 Å². The molecule has 1 heterocycles. The van der Waals surface area contributed by atoms with E-state index in [4.69, 9.17) is 16.3 Å². The molecule has 0 aliphatic rings. The molecule has 1 aromatic carbocycles. The van der Waals surface area contributed by atoms with Crippen LogP contribution in [0.25, 0.3) is 0 Å². The van der Waals surface area contributed by atoms with Crippen molar-refractivity contribution in [2.45, 2.75) is 6.92 Å². The number of hydrogen-bond donors (Lipinski definition) is 2. The molecule has 2 aromatic rings. The highest BCUT2D eigenvalue weighted by Gasteiger charge is 2.03. The third-order valence-corrected chi connectivity index (χ3v) is 2.95. The maximum atomic E-state index is 5.99. The van der Waals surface area contributed by atoms with Gasteiger partial charge >= 0.3 is 0 Å². The quantitative estimate of drug-likeness (QED) is 0.801. The van der Waals surface area contributed by atoms with Crippen molar-refractivity contribution in [2.24, 2.45) is 0 Å². The summed E-state index contributed by atoms with van der Waals surface area (Å²) in [4.78, 5) is 8.58. The van der Waals surface area contributed by atoms with E-state index in [-0.39, 0.29) is 0 Å². The van der Waals surface area contributed by atoms with Gasteiger partial charge in [0.05, 0.1) is 6.61 Å². The van der Waals surface area contributed by atoms with Crippen LogP contribution in [0.15, 0.2) is 30.5 Å². The fourth-order valence-corrected chi connectivity index (χ4v) is 1.82. The first-order valence-electron chi connectivity index (χ1n) is 6.28. The van der Waals surface area contributed by atoms with Gasteiger partial charge in [-0.25, -0.2) is 4.98 Å². The Morgan fingerprint density at radius 2 is 2.15 bits per heavy atom. The zero-order chi connectivity index (χ0) is 14.4. The maximum absolute atomic E-state index is 5.99. The Labute approximate surface area is 123 Å². The van der Waals surface area contributed by atoms with Crippen molar-refractivity contribution in [2.75, 3.05) is 30.9 Å². The monoisotopic (exact) mass is 292 g/mol. The number of methoxy groups -OCH3 is 1. The molecule has 0 aliphatic carbocycles. The van der Waals surface area contributed by atoms with E-state index < -0.39 is 0 Å². The number of anilines is 3. The average molecular weight is 293 g/mol. The first-order chi connectivity index (χ1) is 9.69.